The summed E-state index contributed by atoms with van der Waals surface area (Å²) < 4.78 is 1.20. The Morgan fingerprint density at radius 2 is 1.94 bits per heavy atom. The van der Waals surface area contributed by atoms with Crippen molar-refractivity contribution in [1.29, 1.82) is 0 Å². The van der Waals surface area contributed by atoms with E-state index in [9.17, 15) is 0 Å². The molecule has 0 radical (unpaired) electrons. The lowest BCUT2D eigenvalue weighted by Gasteiger charge is -2.18. The monoisotopic (exact) mass is 315 g/mol. The molecule has 0 aliphatic rings. The first-order valence-corrected chi connectivity index (χ1v) is 7.76. The fraction of sp³-hybridized carbons (Fsp3) is 0.333. The van der Waals surface area contributed by atoms with E-state index in [1.165, 1.54) is 14.2 Å². The largest absolute Gasteiger partial charge is 0.302 e. The van der Waals surface area contributed by atoms with Gasteiger partial charge in [0.05, 0.1) is 0 Å². The van der Waals surface area contributed by atoms with Crippen molar-refractivity contribution < 1.29 is 0 Å². The van der Waals surface area contributed by atoms with Gasteiger partial charge in [-0.1, -0.05) is 6.07 Å². The Morgan fingerprint density at radius 1 is 1.12 bits per heavy atom. The molecule has 4 heteroatoms. The normalized spacial score (nSPS) is 14.9. The summed E-state index contributed by atoms with van der Waals surface area (Å²) in [6.07, 6.45) is 0. The van der Waals surface area contributed by atoms with Gasteiger partial charge in [0, 0.05) is 26.3 Å². The van der Waals surface area contributed by atoms with Gasteiger partial charge in [-0.05, 0) is 52.7 Å². The Labute approximate surface area is 113 Å². The topological polar surface area (TPSA) is 12.0 Å². The molecule has 0 saturated heterocycles. The summed E-state index contributed by atoms with van der Waals surface area (Å²) in [5.74, 6) is 0. The molecule has 16 heavy (non-hydrogen) atoms. The van der Waals surface area contributed by atoms with Gasteiger partial charge in [-0.25, -0.2) is 0 Å². The van der Waals surface area contributed by atoms with Crippen LogP contribution in [0.5, 0.6) is 0 Å². The Morgan fingerprint density at radius 3 is 2.50 bits per heavy atom. The van der Waals surface area contributed by atoms with Crippen LogP contribution in [0.25, 0.3) is 0 Å². The van der Waals surface area contributed by atoms with E-state index in [1.807, 2.05) is 0 Å². The smallest absolute Gasteiger partial charge is 0.0402 e. The van der Waals surface area contributed by atoms with Crippen molar-refractivity contribution in [2.24, 2.45) is 0 Å². The third kappa shape index (κ3) is 2.74. The summed E-state index contributed by atoms with van der Waals surface area (Å²) in [7, 11) is 0. The average molecular weight is 316 g/mol. The first kappa shape index (κ1) is 12.3. The molecule has 0 saturated carbocycles. The first-order chi connectivity index (χ1) is 7.68. The van der Waals surface area contributed by atoms with E-state index < -0.39 is 0 Å². The maximum Gasteiger partial charge on any atom is 0.0402 e. The molecule has 0 spiro atoms. The Kier molecular flexibility index (Phi) is 4.19. The van der Waals surface area contributed by atoms with E-state index in [2.05, 4.69) is 64.1 Å². The van der Waals surface area contributed by atoms with Gasteiger partial charge in [0.25, 0.3) is 0 Å². The number of hydrogen-bond acceptors (Lipinski definition) is 3. The van der Waals surface area contributed by atoms with Crippen molar-refractivity contribution >= 4 is 38.6 Å². The van der Waals surface area contributed by atoms with E-state index in [-0.39, 0.29) is 0 Å². The summed E-state index contributed by atoms with van der Waals surface area (Å²) in [5.41, 5.74) is 0. The highest BCUT2D eigenvalue weighted by Crippen LogP contribution is 2.30. The van der Waals surface area contributed by atoms with Crippen LogP contribution in [0.1, 0.15) is 35.7 Å². The predicted molar refractivity (Wildman–Crippen MR) is 76.3 cm³/mol. The third-order valence-electron chi connectivity index (χ3n) is 2.51. The fourth-order valence-electron chi connectivity index (χ4n) is 1.68. The number of nitrogens with one attached hydrogen (secondary N) is 1. The quantitative estimate of drug-likeness (QED) is 0.838. The van der Waals surface area contributed by atoms with Gasteiger partial charge in [-0.15, -0.1) is 22.7 Å². The number of halogens is 1. The van der Waals surface area contributed by atoms with Crippen molar-refractivity contribution in [3.8, 4) is 0 Å². The Hall–Kier alpha value is -0.160. The average Bonchev–Trinajstić information content (AvgIpc) is 2.86. The molecule has 0 aromatic carbocycles. The minimum Gasteiger partial charge on any atom is -0.302 e. The summed E-state index contributed by atoms with van der Waals surface area (Å²) in [6.45, 7) is 4.42. The van der Waals surface area contributed by atoms with E-state index in [0.29, 0.717) is 12.1 Å². The summed E-state index contributed by atoms with van der Waals surface area (Å²) in [5, 5.41) is 7.86. The van der Waals surface area contributed by atoms with Crippen LogP contribution in [-0.2, 0) is 0 Å². The molecule has 1 unspecified atom stereocenters. The zero-order valence-electron chi connectivity index (χ0n) is 9.24. The van der Waals surface area contributed by atoms with E-state index >= 15 is 0 Å². The maximum absolute atomic E-state index is 3.62. The van der Waals surface area contributed by atoms with Gasteiger partial charge in [-0.3, -0.25) is 0 Å². The molecule has 2 atom stereocenters. The molecule has 0 fully saturated rings. The Bertz CT molecular complexity index is 436. The molecule has 2 heterocycles. The van der Waals surface area contributed by atoms with Crippen LogP contribution in [0.2, 0.25) is 0 Å². The molecule has 1 N–H and O–H groups in total. The molecule has 1 nitrogen and oxygen atoms in total. The van der Waals surface area contributed by atoms with Gasteiger partial charge in [-0.2, -0.15) is 0 Å². The lowest BCUT2D eigenvalue weighted by Crippen LogP contribution is -2.21. The second-order valence-electron chi connectivity index (χ2n) is 3.76. The molecule has 0 aliphatic carbocycles. The molecule has 0 aliphatic heterocycles. The number of thiophene rings is 2. The van der Waals surface area contributed by atoms with E-state index in [0.717, 1.165) is 0 Å². The van der Waals surface area contributed by atoms with Crippen molar-refractivity contribution in [3.63, 3.8) is 0 Å². The second kappa shape index (κ2) is 5.45. The van der Waals surface area contributed by atoms with Gasteiger partial charge in [0.2, 0.25) is 0 Å². The second-order valence-corrected chi connectivity index (χ2v) is 6.54. The standard InChI is InChI=1S/C12H14BrNS2/c1-8(11-4-3-6-15-11)14-9(2)12-10(13)5-7-16-12/h3-9,14H,1-2H3/t8-,9?/m0/s1. The molecule has 0 bridgehead atoms. The fourth-order valence-corrected chi connectivity index (χ4v) is 4.16. The first-order valence-electron chi connectivity index (χ1n) is 5.21. The summed E-state index contributed by atoms with van der Waals surface area (Å²) in [6, 6.07) is 7.17. The van der Waals surface area contributed by atoms with Crippen molar-refractivity contribution in [2.75, 3.05) is 0 Å². The van der Waals surface area contributed by atoms with Crippen LogP contribution in [0, 0.1) is 0 Å². The summed E-state index contributed by atoms with van der Waals surface area (Å²) in [4.78, 5) is 2.75. The molecular weight excluding hydrogens is 302 g/mol. The van der Waals surface area contributed by atoms with E-state index in [4.69, 9.17) is 0 Å². The van der Waals surface area contributed by atoms with Crippen LogP contribution in [0.15, 0.2) is 33.4 Å². The lowest BCUT2D eigenvalue weighted by molar-refractivity contribution is 0.504. The van der Waals surface area contributed by atoms with Crippen molar-refractivity contribution in [1.82, 2.24) is 5.32 Å². The van der Waals surface area contributed by atoms with Crippen molar-refractivity contribution in [3.05, 3.63) is 43.2 Å². The zero-order valence-corrected chi connectivity index (χ0v) is 12.5. The van der Waals surface area contributed by atoms with Gasteiger partial charge >= 0.3 is 0 Å². The SMILES string of the molecule is CC(N[C@@H](C)c1cccs1)c1sccc1Br. The molecule has 2 rings (SSSR count). The highest BCUT2D eigenvalue weighted by atomic mass is 79.9. The number of rotatable bonds is 4. The lowest BCUT2D eigenvalue weighted by atomic mass is 10.2. The van der Waals surface area contributed by atoms with Crippen molar-refractivity contribution in [2.45, 2.75) is 25.9 Å². The molecular formula is C12H14BrNS2. The van der Waals surface area contributed by atoms with Gasteiger partial charge in [0.1, 0.15) is 0 Å². The van der Waals surface area contributed by atoms with Crippen LogP contribution in [0.4, 0.5) is 0 Å². The third-order valence-corrected chi connectivity index (χ3v) is 5.62. The van der Waals surface area contributed by atoms with Crippen LogP contribution >= 0.6 is 38.6 Å². The van der Waals surface area contributed by atoms with Crippen LogP contribution in [-0.4, -0.2) is 0 Å². The van der Waals surface area contributed by atoms with Gasteiger partial charge in [0.15, 0.2) is 0 Å². The molecule has 0 amide bonds. The predicted octanol–water partition coefficient (Wildman–Crippen LogP) is 4.98. The summed E-state index contributed by atoms with van der Waals surface area (Å²) >= 11 is 7.17. The highest BCUT2D eigenvalue weighted by molar-refractivity contribution is 9.10. The highest BCUT2D eigenvalue weighted by Gasteiger charge is 2.14. The molecule has 2 aromatic rings. The molecule has 86 valence electrons. The maximum atomic E-state index is 3.62. The van der Waals surface area contributed by atoms with E-state index in [1.54, 1.807) is 22.7 Å². The number of hydrogen-bond donors (Lipinski definition) is 1. The molecule has 2 aromatic heterocycles. The minimum absolute atomic E-state index is 0.381. The van der Waals surface area contributed by atoms with Crippen LogP contribution in [0.3, 0.4) is 0 Å². The van der Waals surface area contributed by atoms with Gasteiger partial charge < -0.3 is 5.32 Å². The zero-order chi connectivity index (χ0) is 11.5. The minimum atomic E-state index is 0.381. The van der Waals surface area contributed by atoms with Crippen LogP contribution < -0.4 is 5.32 Å². The Balaban J connectivity index is 2.03.